The minimum atomic E-state index is 0.572. The molecule has 0 aromatic heterocycles. The van der Waals surface area contributed by atoms with Gasteiger partial charge in [0.1, 0.15) is 0 Å². The molecule has 0 aromatic rings. The predicted molar refractivity (Wildman–Crippen MR) is 50.7 cm³/mol. The van der Waals surface area contributed by atoms with Crippen LogP contribution in [0.3, 0.4) is 0 Å². The molecule has 3 heteroatoms. The van der Waals surface area contributed by atoms with Crippen LogP contribution in [0.2, 0.25) is 0 Å². The third-order valence-electron chi connectivity index (χ3n) is 1.17. The van der Waals surface area contributed by atoms with Gasteiger partial charge in [0, 0.05) is 14.1 Å². The molecule has 0 aliphatic rings. The van der Waals surface area contributed by atoms with E-state index in [1.165, 1.54) is 0 Å². The lowest BCUT2D eigenvalue weighted by Crippen LogP contribution is -2.07. The fourth-order valence-electron chi connectivity index (χ4n) is 0.538. The van der Waals surface area contributed by atoms with Crippen LogP contribution in [0.15, 0.2) is 28.9 Å². The van der Waals surface area contributed by atoms with Crippen molar-refractivity contribution in [3.05, 3.63) is 23.9 Å². The zero-order valence-electron chi connectivity index (χ0n) is 7.70. The molecule has 0 radical (unpaired) electrons. The Morgan fingerprint density at radius 3 is 2.50 bits per heavy atom. The summed E-state index contributed by atoms with van der Waals surface area (Å²) in [6.07, 6.45) is 3.20. The molecule has 0 aliphatic heterocycles. The van der Waals surface area contributed by atoms with Gasteiger partial charge in [0.2, 0.25) is 0 Å². The molecule has 0 rings (SSSR count). The summed E-state index contributed by atoms with van der Waals surface area (Å²) in [4.78, 5) is 5.85. The van der Waals surface area contributed by atoms with Crippen LogP contribution in [0.5, 0.6) is 0 Å². The van der Waals surface area contributed by atoms with Gasteiger partial charge in [0.15, 0.2) is 0 Å². The van der Waals surface area contributed by atoms with Gasteiger partial charge in [-0.25, -0.2) is 4.99 Å². The zero-order chi connectivity index (χ0) is 9.56. The molecule has 0 saturated heterocycles. The van der Waals surface area contributed by atoms with Gasteiger partial charge in [-0.3, -0.25) is 0 Å². The van der Waals surface area contributed by atoms with Gasteiger partial charge in [-0.1, -0.05) is 6.58 Å². The first-order valence-corrected chi connectivity index (χ1v) is 3.55. The first kappa shape index (κ1) is 10.4. The van der Waals surface area contributed by atoms with Crippen LogP contribution in [0.1, 0.15) is 6.92 Å². The third-order valence-corrected chi connectivity index (χ3v) is 1.17. The normalized spacial score (nSPS) is 12.2. The summed E-state index contributed by atoms with van der Waals surface area (Å²) < 4.78 is 0. The van der Waals surface area contributed by atoms with Crippen molar-refractivity contribution >= 4 is 6.34 Å². The summed E-state index contributed by atoms with van der Waals surface area (Å²) >= 11 is 0. The van der Waals surface area contributed by atoms with Gasteiger partial charge in [0.25, 0.3) is 0 Å². The molecule has 12 heavy (non-hydrogen) atoms. The standard InChI is InChI=1S/C9H13N3/c1-5-9(8(2)6-10)11-7-12(3)4/h5,7H,1H2,2-4H3. The summed E-state index contributed by atoms with van der Waals surface area (Å²) in [6, 6.07) is 2.02. The SMILES string of the molecule is C=CC(N=CN(C)C)=C(C)C#N. The number of hydrogen-bond donors (Lipinski definition) is 0. The Labute approximate surface area is 73.3 Å². The van der Waals surface area contributed by atoms with Crippen molar-refractivity contribution < 1.29 is 0 Å². The lowest BCUT2D eigenvalue weighted by atomic mass is 10.2. The van der Waals surface area contributed by atoms with E-state index in [9.17, 15) is 0 Å². The molecule has 0 N–H and O–H groups in total. The molecule has 0 aromatic carbocycles. The second-order valence-electron chi connectivity index (χ2n) is 2.53. The highest BCUT2D eigenvalue weighted by Gasteiger charge is 1.93. The topological polar surface area (TPSA) is 39.4 Å². The molecule has 0 saturated carbocycles. The number of allylic oxidation sites excluding steroid dienone is 2. The van der Waals surface area contributed by atoms with Crippen LogP contribution in [0, 0.1) is 11.3 Å². The molecule has 0 heterocycles. The average Bonchev–Trinajstić information content (AvgIpc) is 2.04. The molecule has 0 bridgehead atoms. The highest BCUT2D eigenvalue weighted by Crippen LogP contribution is 2.04. The second-order valence-corrected chi connectivity index (χ2v) is 2.53. The Bertz CT molecular complexity index is 253. The maximum absolute atomic E-state index is 8.56. The minimum absolute atomic E-state index is 0.572. The summed E-state index contributed by atoms with van der Waals surface area (Å²) in [6.45, 7) is 5.28. The van der Waals surface area contributed by atoms with Crippen molar-refractivity contribution in [3.8, 4) is 6.07 Å². The van der Waals surface area contributed by atoms with Crippen LogP contribution in [-0.4, -0.2) is 25.3 Å². The van der Waals surface area contributed by atoms with Crippen LogP contribution >= 0.6 is 0 Å². The number of aliphatic imine (C=N–C) groups is 1. The van der Waals surface area contributed by atoms with E-state index in [1.807, 2.05) is 20.2 Å². The fourth-order valence-corrected chi connectivity index (χ4v) is 0.538. The molecular weight excluding hydrogens is 150 g/mol. The summed E-state index contributed by atoms with van der Waals surface area (Å²) in [5.41, 5.74) is 1.19. The van der Waals surface area contributed by atoms with Crippen molar-refractivity contribution in [2.45, 2.75) is 6.92 Å². The van der Waals surface area contributed by atoms with Gasteiger partial charge in [0.05, 0.1) is 23.7 Å². The van der Waals surface area contributed by atoms with E-state index in [4.69, 9.17) is 5.26 Å². The number of rotatable bonds is 3. The molecule has 0 unspecified atom stereocenters. The van der Waals surface area contributed by atoms with E-state index in [1.54, 1.807) is 24.2 Å². The highest BCUT2D eigenvalue weighted by molar-refractivity contribution is 5.57. The van der Waals surface area contributed by atoms with Crippen molar-refractivity contribution in [2.75, 3.05) is 14.1 Å². The first-order valence-electron chi connectivity index (χ1n) is 3.55. The Balaban J connectivity index is 4.62. The lowest BCUT2D eigenvalue weighted by molar-refractivity contribution is 0.642. The van der Waals surface area contributed by atoms with Crippen molar-refractivity contribution in [2.24, 2.45) is 4.99 Å². The van der Waals surface area contributed by atoms with E-state index >= 15 is 0 Å². The highest BCUT2D eigenvalue weighted by atomic mass is 15.1. The second kappa shape index (κ2) is 5.14. The fraction of sp³-hybridized carbons (Fsp3) is 0.333. The average molecular weight is 163 g/mol. The predicted octanol–water partition coefficient (Wildman–Crippen LogP) is 1.56. The van der Waals surface area contributed by atoms with Crippen molar-refractivity contribution in [1.29, 1.82) is 5.26 Å². The molecule has 64 valence electrons. The van der Waals surface area contributed by atoms with E-state index < -0.39 is 0 Å². The Kier molecular flexibility index (Phi) is 4.47. The Morgan fingerprint density at radius 2 is 2.17 bits per heavy atom. The van der Waals surface area contributed by atoms with Gasteiger partial charge >= 0.3 is 0 Å². The Hall–Kier alpha value is -1.56. The maximum Gasteiger partial charge on any atom is 0.0966 e. The summed E-state index contributed by atoms with van der Waals surface area (Å²) in [5, 5.41) is 8.56. The van der Waals surface area contributed by atoms with Gasteiger partial charge < -0.3 is 4.90 Å². The maximum atomic E-state index is 8.56. The third kappa shape index (κ3) is 3.57. The molecule has 0 atom stereocenters. The Morgan fingerprint density at radius 1 is 1.58 bits per heavy atom. The van der Waals surface area contributed by atoms with E-state index in [0.717, 1.165) is 0 Å². The largest absolute Gasteiger partial charge is 0.369 e. The zero-order valence-corrected chi connectivity index (χ0v) is 7.70. The molecular formula is C9H13N3. The molecule has 0 aliphatic carbocycles. The van der Waals surface area contributed by atoms with Crippen molar-refractivity contribution in [1.82, 2.24) is 4.90 Å². The lowest BCUT2D eigenvalue weighted by Gasteiger charge is -2.02. The van der Waals surface area contributed by atoms with Crippen LogP contribution in [0.4, 0.5) is 0 Å². The molecule has 0 fully saturated rings. The first-order chi connectivity index (χ1) is 5.61. The molecule has 3 nitrogen and oxygen atoms in total. The van der Waals surface area contributed by atoms with E-state index in [-0.39, 0.29) is 0 Å². The molecule has 0 amide bonds. The minimum Gasteiger partial charge on any atom is -0.369 e. The van der Waals surface area contributed by atoms with Crippen LogP contribution in [-0.2, 0) is 0 Å². The van der Waals surface area contributed by atoms with E-state index in [2.05, 4.69) is 11.6 Å². The monoisotopic (exact) mass is 163 g/mol. The quantitative estimate of drug-likeness (QED) is 0.274. The smallest absolute Gasteiger partial charge is 0.0966 e. The van der Waals surface area contributed by atoms with Crippen LogP contribution < -0.4 is 0 Å². The number of nitriles is 1. The summed E-state index contributed by atoms with van der Waals surface area (Å²) in [7, 11) is 3.73. The van der Waals surface area contributed by atoms with Gasteiger partial charge in [-0.2, -0.15) is 5.26 Å². The molecule has 0 spiro atoms. The number of nitrogens with zero attached hydrogens (tertiary/aromatic N) is 3. The van der Waals surface area contributed by atoms with Crippen molar-refractivity contribution in [3.63, 3.8) is 0 Å². The van der Waals surface area contributed by atoms with Gasteiger partial charge in [-0.05, 0) is 13.0 Å². The number of hydrogen-bond acceptors (Lipinski definition) is 2. The van der Waals surface area contributed by atoms with E-state index in [0.29, 0.717) is 11.3 Å². The van der Waals surface area contributed by atoms with Gasteiger partial charge in [-0.15, -0.1) is 0 Å². The summed E-state index contributed by atoms with van der Waals surface area (Å²) in [5.74, 6) is 0. The van der Waals surface area contributed by atoms with Crippen LogP contribution in [0.25, 0.3) is 0 Å².